The zero-order valence-corrected chi connectivity index (χ0v) is 11.0. The highest BCUT2D eigenvalue weighted by Crippen LogP contribution is 2.24. The minimum atomic E-state index is -0.163. The van der Waals surface area contributed by atoms with Crippen molar-refractivity contribution >= 4 is 17.2 Å². The number of carbonyl (C=O) groups excluding carboxylic acids is 1. The van der Waals surface area contributed by atoms with Gasteiger partial charge < -0.3 is 9.73 Å². The van der Waals surface area contributed by atoms with Gasteiger partial charge in [0.2, 0.25) is 11.8 Å². The van der Waals surface area contributed by atoms with Gasteiger partial charge in [0.15, 0.2) is 0 Å². The highest BCUT2D eigenvalue weighted by molar-refractivity contribution is 7.13. The van der Waals surface area contributed by atoms with Gasteiger partial charge in [0.25, 0.3) is 5.89 Å². The van der Waals surface area contributed by atoms with Crippen LogP contribution in [0.4, 0.5) is 0 Å². The van der Waals surface area contributed by atoms with E-state index in [9.17, 15) is 4.79 Å². The molecule has 2 N–H and O–H groups in total. The van der Waals surface area contributed by atoms with Crippen LogP contribution in [0.15, 0.2) is 21.9 Å². The molecule has 0 saturated heterocycles. The van der Waals surface area contributed by atoms with Crippen LogP contribution in [-0.2, 0) is 4.79 Å². The Bertz CT molecular complexity index is 509. The topological polar surface area (TPSA) is 80.0 Å². The van der Waals surface area contributed by atoms with E-state index in [1.807, 2.05) is 24.4 Å². The number of nitrogens with zero attached hydrogens (tertiary/aromatic N) is 2. The molecular weight excluding hydrogens is 252 g/mol. The van der Waals surface area contributed by atoms with E-state index in [0.29, 0.717) is 11.8 Å². The Morgan fingerprint density at radius 1 is 1.56 bits per heavy atom. The van der Waals surface area contributed by atoms with Gasteiger partial charge in [-0.1, -0.05) is 6.07 Å². The molecule has 6 nitrogen and oxygen atoms in total. The number of likely N-dealkylation sites (N-methyl/N-ethyl adjacent to an activating group) is 1. The van der Waals surface area contributed by atoms with E-state index in [1.54, 1.807) is 18.4 Å². The molecule has 2 heterocycles. The maximum Gasteiger partial charge on any atom is 0.257 e. The molecule has 0 aliphatic rings. The molecule has 0 bridgehead atoms. The second kappa shape index (κ2) is 5.74. The van der Waals surface area contributed by atoms with E-state index >= 15 is 0 Å². The summed E-state index contributed by atoms with van der Waals surface area (Å²) in [6.45, 7) is 2.09. The molecule has 7 heteroatoms. The molecule has 1 atom stereocenters. The summed E-state index contributed by atoms with van der Waals surface area (Å²) < 4.78 is 5.55. The Balaban J connectivity index is 1.99. The molecule has 2 aromatic heterocycles. The number of hydrogen-bond donors (Lipinski definition) is 2. The van der Waals surface area contributed by atoms with E-state index < -0.39 is 0 Å². The van der Waals surface area contributed by atoms with Gasteiger partial charge >= 0.3 is 0 Å². The lowest BCUT2D eigenvalue weighted by atomic mass is 10.3. The van der Waals surface area contributed by atoms with Crippen LogP contribution in [0.3, 0.4) is 0 Å². The minimum absolute atomic E-state index is 0.0835. The monoisotopic (exact) mass is 266 g/mol. The average Bonchev–Trinajstić information content (AvgIpc) is 3.04. The molecule has 1 amide bonds. The maximum atomic E-state index is 11.1. The van der Waals surface area contributed by atoms with Crippen LogP contribution in [0, 0.1) is 0 Å². The second-order valence-corrected chi connectivity index (χ2v) is 4.65. The standard InChI is InChI=1S/C11H14N4O2S/c1-7(13-6-9(16)12-2)10-14-15-11(17-10)8-4-3-5-18-8/h3-5,7,13H,6H2,1-2H3,(H,12,16)/t7-/m0/s1. The van der Waals surface area contributed by atoms with Gasteiger partial charge in [-0.05, 0) is 18.4 Å². The number of thiophene rings is 1. The number of nitrogens with one attached hydrogen (secondary N) is 2. The first-order chi connectivity index (χ1) is 8.70. The van der Waals surface area contributed by atoms with Crippen molar-refractivity contribution in [2.75, 3.05) is 13.6 Å². The summed E-state index contributed by atoms with van der Waals surface area (Å²) in [5, 5.41) is 15.4. The second-order valence-electron chi connectivity index (χ2n) is 3.70. The Kier molecular flexibility index (Phi) is 4.06. The number of aromatic nitrogens is 2. The molecule has 2 rings (SSSR count). The van der Waals surface area contributed by atoms with Crippen LogP contribution in [0.2, 0.25) is 0 Å². The van der Waals surface area contributed by atoms with Crippen molar-refractivity contribution in [1.29, 1.82) is 0 Å². The van der Waals surface area contributed by atoms with Crippen molar-refractivity contribution in [1.82, 2.24) is 20.8 Å². The number of carbonyl (C=O) groups is 1. The van der Waals surface area contributed by atoms with Crippen molar-refractivity contribution in [2.24, 2.45) is 0 Å². The van der Waals surface area contributed by atoms with Crippen LogP contribution >= 0.6 is 11.3 Å². The summed E-state index contributed by atoms with van der Waals surface area (Å²) in [6.07, 6.45) is 0. The third kappa shape index (κ3) is 2.93. The summed E-state index contributed by atoms with van der Waals surface area (Å²) in [5.41, 5.74) is 0. The summed E-state index contributed by atoms with van der Waals surface area (Å²) in [7, 11) is 1.59. The summed E-state index contributed by atoms with van der Waals surface area (Å²) in [6, 6.07) is 3.69. The van der Waals surface area contributed by atoms with Gasteiger partial charge in [0.05, 0.1) is 17.5 Å². The zero-order valence-electron chi connectivity index (χ0n) is 10.1. The first-order valence-corrected chi connectivity index (χ1v) is 6.40. The van der Waals surface area contributed by atoms with Crippen LogP contribution in [0.25, 0.3) is 10.8 Å². The lowest BCUT2D eigenvalue weighted by Crippen LogP contribution is -2.32. The number of rotatable bonds is 5. The summed E-state index contributed by atoms with van der Waals surface area (Å²) in [4.78, 5) is 12.0. The fourth-order valence-electron chi connectivity index (χ4n) is 1.33. The molecule has 96 valence electrons. The minimum Gasteiger partial charge on any atom is -0.418 e. The predicted octanol–water partition coefficient (Wildman–Crippen LogP) is 1.19. The lowest BCUT2D eigenvalue weighted by molar-refractivity contribution is -0.119. The molecule has 0 aromatic carbocycles. The largest absolute Gasteiger partial charge is 0.418 e. The summed E-state index contributed by atoms with van der Waals surface area (Å²) in [5.74, 6) is 0.899. The Labute approximate surface area is 108 Å². The fraction of sp³-hybridized carbons (Fsp3) is 0.364. The van der Waals surface area contributed by atoms with E-state index in [-0.39, 0.29) is 18.5 Å². The van der Waals surface area contributed by atoms with Crippen molar-refractivity contribution in [2.45, 2.75) is 13.0 Å². The predicted molar refractivity (Wildman–Crippen MR) is 68.1 cm³/mol. The molecule has 0 spiro atoms. The van der Waals surface area contributed by atoms with E-state index in [0.717, 1.165) is 4.88 Å². The third-order valence-electron chi connectivity index (χ3n) is 2.39. The quantitative estimate of drug-likeness (QED) is 0.850. The lowest BCUT2D eigenvalue weighted by Gasteiger charge is -2.08. The molecule has 0 unspecified atom stereocenters. The van der Waals surface area contributed by atoms with E-state index in [4.69, 9.17) is 4.42 Å². The first-order valence-electron chi connectivity index (χ1n) is 5.52. The highest BCUT2D eigenvalue weighted by atomic mass is 32.1. The zero-order chi connectivity index (χ0) is 13.0. The smallest absolute Gasteiger partial charge is 0.257 e. The fourth-order valence-corrected chi connectivity index (χ4v) is 1.98. The Morgan fingerprint density at radius 3 is 3.06 bits per heavy atom. The van der Waals surface area contributed by atoms with E-state index in [2.05, 4.69) is 20.8 Å². The molecule has 0 aliphatic carbocycles. The maximum absolute atomic E-state index is 11.1. The van der Waals surface area contributed by atoms with Crippen molar-refractivity contribution in [3.8, 4) is 10.8 Å². The first kappa shape index (κ1) is 12.7. The van der Waals surface area contributed by atoms with Gasteiger partial charge in [-0.2, -0.15) is 0 Å². The van der Waals surface area contributed by atoms with Crippen LogP contribution in [0.5, 0.6) is 0 Å². The van der Waals surface area contributed by atoms with Crippen LogP contribution in [0.1, 0.15) is 18.9 Å². The van der Waals surface area contributed by atoms with Gasteiger partial charge in [-0.3, -0.25) is 10.1 Å². The molecule has 18 heavy (non-hydrogen) atoms. The SMILES string of the molecule is CNC(=O)CN[C@@H](C)c1nnc(-c2cccs2)o1. The summed E-state index contributed by atoms with van der Waals surface area (Å²) >= 11 is 1.54. The molecule has 0 aliphatic heterocycles. The Hall–Kier alpha value is -1.73. The number of amides is 1. The molecule has 0 fully saturated rings. The van der Waals surface area contributed by atoms with Crippen LogP contribution < -0.4 is 10.6 Å². The normalized spacial score (nSPS) is 12.3. The highest BCUT2D eigenvalue weighted by Gasteiger charge is 2.15. The van der Waals surface area contributed by atoms with Crippen molar-refractivity contribution in [3.05, 3.63) is 23.4 Å². The van der Waals surface area contributed by atoms with E-state index in [1.165, 1.54) is 0 Å². The molecule has 2 aromatic rings. The van der Waals surface area contributed by atoms with Gasteiger partial charge in [0, 0.05) is 7.05 Å². The van der Waals surface area contributed by atoms with Crippen molar-refractivity contribution in [3.63, 3.8) is 0 Å². The van der Waals surface area contributed by atoms with Gasteiger partial charge in [0.1, 0.15) is 0 Å². The molecule has 0 saturated carbocycles. The van der Waals surface area contributed by atoms with Crippen LogP contribution in [-0.4, -0.2) is 29.7 Å². The number of hydrogen-bond acceptors (Lipinski definition) is 6. The Morgan fingerprint density at radius 2 is 2.39 bits per heavy atom. The molecular formula is C11H14N4O2S. The van der Waals surface area contributed by atoms with Gasteiger partial charge in [-0.15, -0.1) is 21.5 Å². The molecule has 0 radical (unpaired) electrons. The van der Waals surface area contributed by atoms with Gasteiger partial charge in [-0.25, -0.2) is 0 Å². The average molecular weight is 266 g/mol. The third-order valence-corrected chi connectivity index (χ3v) is 3.25. The van der Waals surface area contributed by atoms with Crippen molar-refractivity contribution < 1.29 is 9.21 Å².